The molecule has 1 aromatic heterocycles. The quantitative estimate of drug-likeness (QED) is 0.868. The van der Waals surface area contributed by atoms with E-state index >= 15 is 0 Å². The summed E-state index contributed by atoms with van der Waals surface area (Å²) < 4.78 is 5.60. The van der Waals surface area contributed by atoms with E-state index in [1.165, 1.54) is 5.56 Å². The van der Waals surface area contributed by atoms with Gasteiger partial charge in [-0.15, -0.1) is 11.3 Å². The molecule has 1 aromatic carbocycles. The van der Waals surface area contributed by atoms with Crippen LogP contribution in [0.5, 0.6) is 5.75 Å². The number of hydrogen-bond acceptors (Lipinski definition) is 4. The van der Waals surface area contributed by atoms with E-state index in [-0.39, 0.29) is 6.10 Å². The van der Waals surface area contributed by atoms with Gasteiger partial charge < -0.3 is 10.1 Å². The summed E-state index contributed by atoms with van der Waals surface area (Å²) in [6, 6.07) is 8.21. The highest BCUT2D eigenvalue weighted by molar-refractivity contribution is 7.07. The Labute approximate surface area is 112 Å². The van der Waals surface area contributed by atoms with Gasteiger partial charge in [-0.3, -0.25) is 0 Å². The molecule has 1 heterocycles. The highest BCUT2D eigenvalue weighted by Crippen LogP contribution is 2.13. The predicted octanol–water partition coefficient (Wildman–Crippen LogP) is 3.22. The normalized spacial score (nSPS) is 10.8. The van der Waals surface area contributed by atoms with Crippen molar-refractivity contribution in [3.05, 3.63) is 46.4 Å². The van der Waals surface area contributed by atoms with Crippen LogP contribution in [0.4, 0.5) is 0 Å². The van der Waals surface area contributed by atoms with Crippen molar-refractivity contribution in [2.24, 2.45) is 0 Å². The molecule has 0 unspecified atom stereocenters. The number of ether oxygens (including phenoxy) is 1. The molecule has 0 atom stereocenters. The smallest absolute Gasteiger partial charge is 0.119 e. The van der Waals surface area contributed by atoms with Crippen molar-refractivity contribution in [3.8, 4) is 5.75 Å². The van der Waals surface area contributed by atoms with Gasteiger partial charge in [-0.25, -0.2) is 4.98 Å². The number of hydrogen-bond donors (Lipinski definition) is 1. The number of rotatable bonds is 6. The molecule has 0 spiro atoms. The Kier molecular flexibility index (Phi) is 4.73. The maximum Gasteiger partial charge on any atom is 0.119 e. The number of nitrogens with zero attached hydrogens (tertiary/aromatic N) is 1. The van der Waals surface area contributed by atoms with Crippen molar-refractivity contribution >= 4 is 11.3 Å². The number of thiazole rings is 1. The highest BCUT2D eigenvalue weighted by Gasteiger charge is 1.99. The van der Waals surface area contributed by atoms with E-state index in [0.717, 1.165) is 24.5 Å². The van der Waals surface area contributed by atoms with Gasteiger partial charge in [0, 0.05) is 18.5 Å². The standard InChI is InChI=1S/C14H18N2OS/c1-11(2)17-14-5-3-12(4-6-14)7-15-8-13-9-18-10-16-13/h3-6,9-11,15H,7-8H2,1-2H3. The topological polar surface area (TPSA) is 34.1 Å². The second-order valence-electron chi connectivity index (χ2n) is 4.39. The molecular weight excluding hydrogens is 244 g/mol. The van der Waals surface area contributed by atoms with Crippen molar-refractivity contribution < 1.29 is 4.74 Å². The largest absolute Gasteiger partial charge is 0.491 e. The van der Waals surface area contributed by atoms with Crippen LogP contribution in [0.2, 0.25) is 0 Å². The molecule has 0 aliphatic carbocycles. The summed E-state index contributed by atoms with van der Waals surface area (Å²) in [5, 5.41) is 5.43. The van der Waals surface area contributed by atoms with Gasteiger partial charge in [0.05, 0.1) is 17.3 Å². The summed E-state index contributed by atoms with van der Waals surface area (Å²) >= 11 is 1.63. The first-order valence-corrected chi connectivity index (χ1v) is 7.01. The number of aromatic nitrogens is 1. The zero-order chi connectivity index (χ0) is 12.8. The van der Waals surface area contributed by atoms with Crippen LogP contribution in [0.3, 0.4) is 0 Å². The fourth-order valence-corrected chi connectivity index (χ4v) is 2.18. The Hall–Kier alpha value is -1.39. The first kappa shape index (κ1) is 13.1. The van der Waals surface area contributed by atoms with Crippen molar-refractivity contribution in [2.75, 3.05) is 0 Å². The summed E-state index contributed by atoms with van der Waals surface area (Å²) in [5.41, 5.74) is 4.20. The molecule has 96 valence electrons. The second-order valence-corrected chi connectivity index (χ2v) is 5.11. The van der Waals surface area contributed by atoms with E-state index in [2.05, 4.69) is 27.8 Å². The van der Waals surface area contributed by atoms with Gasteiger partial charge in [-0.05, 0) is 31.5 Å². The zero-order valence-electron chi connectivity index (χ0n) is 10.7. The molecule has 0 amide bonds. The van der Waals surface area contributed by atoms with E-state index in [4.69, 9.17) is 4.74 Å². The van der Waals surface area contributed by atoms with Crippen molar-refractivity contribution in [1.82, 2.24) is 10.3 Å². The third-order valence-corrected chi connectivity index (χ3v) is 3.05. The molecule has 2 aromatic rings. The zero-order valence-corrected chi connectivity index (χ0v) is 11.5. The molecule has 0 saturated heterocycles. The maximum absolute atomic E-state index is 5.60. The SMILES string of the molecule is CC(C)Oc1ccc(CNCc2cscn2)cc1. The maximum atomic E-state index is 5.60. The molecule has 0 bridgehead atoms. The summed E-state index contributed by atoms with van der Waals surface area (Å²) in [6.45, 7) is 5.72. The molecule has 18 heavy (non-hydrogen) atoms. The molecule has 0 aliphatic rings. The summed E-state index contributed by atoms with van der Waals surface area (Å²) in [5.74, 6) is 0.924. The highest BCUT2D eigenvalue weighted by atomic mass is 32.1. The number of benzene rings is 1. The molecule has 4 heteroatoms. The molecule has 3 nitrogen and oxygen atoms in total. The third-order valence-electron chi connectivity index (χ3n) is 2.41. The molecule has 0 fully saturated rings. The predicted molar refractivity (Wildman–Crippen MR) is 74.9 cm³/mol. The monoisotopic (exact) mass is 262 g/mol. The van der Waals surface area contributed by atoms with Crippen molar-refractivity contribution in [1.29, 1.82) is 0 Å². The van der Waals surface area contributed by atoms with Crippen LogP contribution in [0, 0.1) is 0 Å². The van der Waals surface area contributed by atoms with Crippen LogP contribution >= 0.6 is 11.3 Å². The van der Waals surface area contributed by atoms with Crippen LogP contribution < -0.4 is 10.1 Å². The van der Waals surface area contributed by atoms with E-state index in [9.17, 15) is 0 Å². The average molecular weight is 262 g/mol. The van der Waals surface area contributed by atoms with E-state index in [0.29, 0.717) is 0 Å². The molecular formula is C14H18N2OS. The summed E-state index contributed by atoms with van der Waals surface area (Å²) in [6.07, 6.45) is 0.221. The van der Waals surface area contributed by atoms with E-state index in [1.54, 1.807) is 11.3 Å². The Morgan fingerprint density at radius 3 is 2.61 bits per heavy atom. The van der Waals surface area contributed by atoms with Gasteiger partial charge >= 0.3 is 0 Å². The van der Waals surface area contributed by atoms with E-state index < -0.39 is 0 Å². The first-order chi connectivity index (χ1) is 8.74. The molecule has 2 rings (SSSR count). The average Bonchev–Trinajstić information content (AvgIpc) is 2.84. The van der Waals surface area contributed by atoms with E-state index in [1.807, 2.05) is 31.5 Å². The van der Waals surface area contributed by atoms with Gasteiger partial charge in [0.25, 0.3) is 0 Å². The lowest BCUT2D eigenvalue weighted by Gasteiger charge is -2.10. The van der Waals surface area contributed by atoms with Gasteiger partial charge in [-0.2, -0.15) is 0 Å². The lowest BCUT2D eigenvalue weighted by Crippen LogP contribution is -2.12. The van der Waals surface area contributed by atoms with Gasteiger partial charge in [0.2, 0.25) is 0 Å². The molecule has 0 saturated carbocycles. The Morgan fingerprint density at radius 2 is 2.00 bits per heavy atom. The third kappa shape index (κ3) is 4.13. The molecule has 1 N–H and O–H groups in total. The lowest BCUT2D eigenvalue weighted by atomic mass is 10.2. The Morgan fingerprint density at radius 1 is 1.22 bits per heavy atom. The van der Waals surface area contributed by atoms with Gasteiger partial charge in [-0.1, -0.05) is 12.1 Å². The summed E-state index contributed by atoms with van der Waals surface area (Å²) in [7, 11) is 0. The van der Waals surface area contributed by atoms with Crippen LogP contribution in [-0.4, -0.2) is 11.1 Å². The van der Waals surface area contributed by atoms with Gasteiger partial charge in [0.15, 0.2) is 0 Å². The van der Waals surface area contributed by atoms with Crippen LogP contribution in [0.25, 0.3) is 0 Å². The second kappa shape index (κ2) is 6.52. The summed E-state index contributed by atoms with van der Waals surface area (Å²) in [4.78, 5) is 4.23. The minimum absolute atomic E-state index is 0.221. The minimum atomic E-state index is 0.221. The van der Waals surface area contributed by atoms with Crippen LogP contribution in [0.15, 0.2) is 35.2 Å². The van der Waals surface area contributed by atoms with Crippen LogP contribution in [0.1, 0.15) is 25.1 Å². The Balaban J connectivity index is 1.79. The Bertz CT molecular complexity index is 451. The fourth-order valence-electron chi connectivity index (χ4n) is 1.62. The fraction of sp³-hybridized carbons (Fsp3) is 0.357. The first-order valence-electron chi connectivity index (χ1n) is 6.07. The van der Waals surface area contributed by atoms with Crippen molar-refractivity contribution in [3.63, 3.8) is 0 Å². The van der Waals surface area contributed by atoms with Gasteiger partial charge in [0.1, 0.15) is 5.75 Å². The molecule has 0 aliphatic heterocycles. The molecule has 0 radical (unpaired) electrons. The van der Waals surface area contributed by atoms with Crippen LogP contribution in [-0.2, 0) is 13.1 Å². The van der Waals surface area contributed by atoms with Crippen molar-refractivity contribution in [2.45, 2.75) is 33.0 Å². The minimum Gasteiger partial charge on any atom is -0.491 e. The number of nitrogens with one attached hydrogen (secondary N) is 1. The lowest BCUT2D eigenvalue weighted by molar-refractivity contribution is 0.242.